The highest BCUT2D eigenvalue weighted by Gasteiger charge is 2.34. The molecule has 1 aliphatic rings. The fourth-order valence-electron chi connectivity index (χ4n) is 14.4. The minimum Gasteiger partial charge on any atom is -0.496 e. The maximum atomic E-state index is 6.27. The van der Waals surface area contributed by atoms with E-state index in [1.807, 2.05) is 7.11 Å². The molecule has 0 fully saturated rings. The summed E-state index contributed by atoms with van der Waals surface area (Å²) in [6.45, 7) is 4.53. The highest BCUT2D eigenvalue weighted by atomic mass is 16.5. The van der Waals surface area contributed by atoms with Crippen LogP contribution in [0.1, 0.15) is 11.1 Å². The van der Waals surface area contributed by atoms with Crippen molar-refractivity contribution >= 4 is 118 Å². The van der Waals surface area contributed by atoms with Gasteiger partial charge in [-0.1, -0.05) is 188 Å². The van der Waals surface area contributed by atoms with Crippen molar-refractivity contribution in [2.45, 2.75) is 13.8 Å². The highest BCUT2D eigenvalue weighted by Crippen LogP contribution is 2.62. The van der Waals surface area contributed by atoms with Crippen LogP contribution in [0.3, 0.4) is 0 Å². The van der Waals surface area contributed by atoms with Crippen molar-refractivity contribution in [3.8, 4) is 61.4 Å². The van der Waals surface area contributed by atoms with Gasteiger partial charge in [0.1, 0.15) is 5.75 Å². The molecule has 0 aromatic heterocycles. The lowest BCUT2D eigenvalue weighted by Gasteiger charge is -2.22. The Labute approximate surface area is 414 Å². The van der Waals surface area contributed by atoms with Crippen LogP contribution < -0.4 is 4.74 Å². The van der Waals surface area contributed by atoms with Crippen LogP contribution in [-0.2, 0) is 0 Å². The van der Waals surface area contributed by atoms with E-state index in [0.29, 0.717) is 0 Å². The summed E-state index contributed by atoms with van der Waals surface area (Å²) in [5.74, 6) is 0.883. The Morgan fingerprint density at radius 3 is 1.22 bits per heavy atom. The number of hydrogen-bond acceptors (Lipinski definition) is 1. The van der Waals surface area contributed by atoms with E-state index in [9.17, 15) is 0 Å². The van der Waals surface area contributed by atoms with Crippen LogP contribution in [-0.4, -0.2) is 7.11 Å². The third-order valence-electron chi connectivity index (χ3n) is 17.2. The fourth-order valence-corrected chi connectivity index (χ4v) is 14.4. The van der Waals surface area contributed by atoms with Gasteiger partial charge in [0.2, 0.25) is 0 Å². The monoisotopic (exact) mass is 910 g/mol. The van der Waals surface area contributed by atoms with Crippen LogP contribution in [0, 0.1) is 13.8 Å². The summed E-state index contributed by atoms with van der Waals surface area (Å²) in [4.78, 5) is 0. The molecule has 16 aromatic carbocycles. The normalized spacial score (nSPS) is 12.7. The average molecular weight is 911 g/mol. The number of benzene rings is 14. The zero-order chi connectivity index (χ0) is 47.2. The van der Waals surface area contributed by atoms with E-state index < -0.39 is 0 Å². The van der Waals surface area contributed by atoms with Crippen LogP contribution in [0.25, 0.3) is 174 Å². The molecule has 0 aliphatic heterocycles. The molecule has 0 saturated heterocycles. The van der Waals surface area contributed by atoms with E-state index in [1.54, 1.807) is 0 Å². The molecule has 16 aromatic rings. The molecule has 0 unspecified atom stereocenters. The summed E-state index contributed by atoms with van der Waals surface area (Å²) >= 11 is 0. The molecule has 0 bridgehead atoms. The number of aryl methyl sites for hydroxylation is 2. The molecule has 1 aliphatic carbocycles. The minimum atomic E-state index is 0.883. The molecule has 1 heteroatoms. The maximum absolute atomic E-state index is 6.27. The summed E-state index contributed by atoms with van der Waals surface area (Å²) < 4.78 is 6.27. The Morgan fingerprint density at radius 2 is 0.625 bits per heavy atom. The van der Waals surface area contributed by atoms with Crippen molar-refractivity contribution < 1.29 is 4.74 Å². The quantitative estimate of drug-likeness (QED) is 0.126. The largest absolute Gasteiger partial charge is 0.496 e. The lowest BCUT2D eigenvalue weighted by Crippen LogP contribution is -1.95. The summed E-state index contributed by atoms with van der Waals surface area (Å²) in [6, 6.07) is 76.0. The van der Waals surface area contributed by atoms with E-state index in [1.165, 1.54) is 180 Å². The van der Waals surface area contributed by atoms with E-state index in [4.69, 9.17) is 4.74 Å². The molecule has 17 rings (SSSR count). The zero-order valence-corrected chi connectivity index (χ0v) is 40.0. The third-order valence-corrected chi connectivity index (χ3v) is 17.2. The third kappa shape index (κ3) is 4.57. The number of para-hydroxylation sites is 1. The summed E-state index contributed by atoms with van der Waals surface area (Å²) in [7, 11) is 1.81. The Balaban J connectivity index is 1.06. The molecule has 0 atom stereocenters. The van der Waals surface area contributed by atoms with Gasteiger partial charge in [-0.2, -0.15) is 0 Å². The first kappa shape index (κ1) is 38.8. The summed E-state index contributed by atoms with van der Waals surface area (Å²) in [5.41, 5.74) is 15.5. The van der Waals surface area contributed by atoms with Crippen molar-refractivity contribution in [1.29, 1.82) is 0 Å². The van der Waals surface area contributed by atoms with Crippen LogP contribution in [0.4, 0.5) is 0 Å². The van der Waals surface area contributed by atoms with E-state index in [0.717, 1.165) is 11.3 Å². The maximum Gasteiger partial charge on any atom is 0.126 e. The van der Waals surface area contributed by atoms with Gasteiger partial charge in [-0.25, -0.2) is 0 Å². The lowest BCUT2D eigenvalue weighted by atomic mass is 9.81. The SMILES string of the molecule is COc1ccccc1-c1c2cc3ccccc3c3c4ccccc4c(c4c5ccc6c7ccc8c9c(ccc(c%10ccc(c14)c5c%106)c97)-c1c-8c(-c4ccccc4C)c4ccccc4c1-c1ccccc1C)c23. The van der Waals surface area contributed by atoms with Gasteiger partial charge in [0.25, 0.3) is 0 Å². The molecule has 0 spiro atoms. The standard InChI is InChI=1S/C71H42O/c1-37-16-4-7-19-40(37)58-43-22-10-11-23-44(43)59(41-20-8-5-17-38(41)2)68-53-33-29-48-50-31-35-55-65-54(34-30-49(62(50)65)47-28-32-52(67(58)68)64(53)61(47)48)69-63(51-26-14-15-27-57(51)72-3)56-36-39-18-6-9-21-42(39)60-45-24-12-13-25-46(45)66(70(55)69)71(56)60/h4-36H,1-3H3. The average Bonchev–Trinajstić information content (AvgIpc) is 4.07. The van der Waals surface area contributed by atoms with Gasteiger partial charge in [-0.15, -0.1) is 0 Å². The van der Waals surface area contributed by atoms with Crippen LogP contribution in [0.5, 0.6) is 5.75 Å². The van der Waals surface area contributed by atoms with Gasteiger partial charge in [0, 0.05) is 11.1 Å². The van der Waals surface area contributed by atoms with Gasteiger partial charge in [0.05, 0.1) is 7.11 Å². The van der Waals surface area contributed by atoms with Crippen LogP contribution >= 0.6 is 0 Å². The minimum absolute atomic E-state index is 0.883. The van der Waals surface area contributed by atoms with Crippen molar-refractivity contribution in [1.82, 2.24) is 0 Å². The number of rotatable bonds is 4. The number of fused-ring (bicyclic) bond motifs is 15. The van der Waals surface area contributed by atoms with Gasteiger partial charge < -0.3 is 4.74 Å². The van der Waals surface area contributed by atoms with Crippen LogP contribution in [0.2, 0.25) is 0 Å². The molecule has 0 amide bonds. The van der Waals surface area contributed by atoms with E-state index >= 15 is 0 Å². The molecule has 0 N–H and O–H groups in total. The van der Waals surface area contributed by atoms with Crippen molar-refractivity contribution in [3.63, 3.8) is 0 Å². The molecule has 0 saturated carbocycles. The molecular formula is C71H42O. The first-order chi connectivity index (χ1) is 35.6. The fraction of sp³-hybridized carbons (Fsp3) is 0.0423. The second kappa shape index (κ2) is 13.6. The summed E-state index contributed by atoms with van der Waals surface area (Å²) in [6.07, 6.45) is 0. The predicted octanol–water partition coefficient (Wildman–Crippen LogP) is 20.0. The first-order valence-corrected chi connectivity index (χ1v) is 25.3. The Hall–Kier alpha value is -9.04. The van der Waals surface area contributed by atoms with E-state index in [2.05, 4.69) is 214 Å². The van der Waals surface area contributed by atoms with Crippen molar-refractivity contribution in [2.24, 2.45) is 0 Å². The van der Waals surface area contributed by atoms with Gasteiger partial charge in [-0.3, -0.25) is 0 Å². The van der Waals surface area contributed by atoms with Crippen molar-refractivity contribution in [2.75, 3.05) is 7.11 Å². The molecule has 1 nitrogen and oxygen atoms in total. The lowest BCUT2D eigenvalue weighted by molar-refractivity contribution is 0.416. The van der Waals surface area contributed by atoms with Crippen molar-refractivity contribution in [3.05, 3.63) is 211 Å². The predicted molar refractivity (Wildman–Crippen MR) is 309 cm³/mol. The highest BCUT2D eigenvalue weighted by molar-refractivity contribution is 6.53. The Kier molecular flexibility index (Phi) is 7.34. The number of ether oxygens (including phenoxy) is 1. The molecule has 0 heterocycles. The topological polar surface area (TPSA) is 9.23 Å². The van der Waals surface area contributed by atoms with Gasteiger partial charge in [-0.05, 0) is 200 Å². The molecule has 0 radical (unpaired) electrons. The summed E-state index contributed by atoms with van der Waals surface area (Å²) in [5, 5.41) is 28.9. The zero-order valence-electron chi connectivity index (χ0n) is 40.0. The number of hydrogen-bond donors (Lipinski definition) is 0. The molecule has 332 valence electrons. The Morgan fingerprint density at radius 1 is 0.236 bits per heavy atom. The molecule has 72 heavy (non-hydrogen) atoms. The smallest absolute Gasteiger partial charge is 0.126 e. The molecular weight excluding hydrogens is 869 g/mol. The number of methoxy groups -OCH3 is 1. The van der Waals surface area contributed by atoms with Gasteiger partial charge in [0.15, 0.2) is 0 Å². The van der Waals surface area contributed by atoms with Gasteiger partial charge >= 0.3 is 0 Å². The Bertz CT molecular complexity index is 4940. The first-order valence-electron chi connectivity index (χ1n) is 25.3. The second-order valence-corrected chi connectivity index (χ2v) is 20.5. The van der Waals surface area contributed by atoms with Crippen LogP contribution in [0.15, 0.2) is 200 Å². The second-order valence-electron chi connectivity index (χ2n) is 20.5. The van der Waals surface area contributed by atoms with E-state index in [-0.39, 0.29) is 0 Å².